The molecule has 3 amide bonds. The average molecular weight is 387 g/mol. The standard InChI is InChI=1S/C16H16Cl2N2O3S/c17-9-5-6-10(11(18)7-9)15(22)19-12-3-1-2-4-13(12)20-14(21)8-24-16(20)23/h5-7,12-13H,1-4,8H2,(H,19,22). The second kappa shape index (κ2) is 7.33. The van der Waals surface area contributed by atoms with E-state index < -0.39 is 0 Å². The lowest BCUT2D eigenvalue weighted by Gasteiger charge is -2.36. The molecule has 3 rings (SSSR count). The van der Waals surface area contributed by atoms with Crippen molar-refractivity contribution in [2.24, 2.45) is 0 Å². The van der Waals surface area contributed by atoms with Crippen LogP contribution >= 0.6 is 35.0 Å². The fourth-order valence-electron chi connectivity index (χ4n) is 3.19. The molecule has 128 valence electrons. The molecule has 1 aromatic rings. The van der Waals surface area contributed by atoms with Gasteiger partial charge in [0, 0.05) is 5.02 Å². The fraction of sp³-hybridized carbons (Fsp3) is 0.438. The van der Waals surface area contributed by atoms with E-state index in [-0.39, 0.29) is 39.9 Å². The van der Waals surface area contributed by atoms with E-state index in [0.29, 0.717) is 17.0 Å². The van der Waals surface area contributed by atoms with Crippen LogP contribution in [0.4, 0.5) is 4.79 Å². The number of rotatable bonds is 3. The number of hydrogen-bond acceptors (Lipinski definition) is 4. The van der Waals surface area contributed by atoms with Gasteiger partial charge in [0.05, 0.1) is 28.4 Å². The van der Waals surface area contributed by atoms with Crippen molar-refractivity contribution in [3.8, 4) is 0 Å². The maximum Gasteiger partial charge on any atom is 0.289 e. The minimum Gasteiger partial charge on any atom is -0.347 e. The van der Waals surface area contributed by atoms with Crippen molar-refractivity contribution in [2.45, 2.75) is 37.8 Å². The third kappa shape index (κ3) is 3.55. The first-order chi connectivity index (χ1) is 11.5. The number of nitrogens with zero attached hydrogens (tertiary/aromatic N) is 1. The van der Waals surface area contributed by atoms with Gasteiger partial charge in [0.2, 0.25) is 5.91 Å². The summed E-state index contributed by atoms with van der Waals surface area (Å²) in [6.45, 7) is 0. The first-order valence-corrected chi connectivity index (χ1v) is 9.46. The van der Waals surface area contributed by atoms with Crippen molar-refractivity contribution in [1.29, 1.82) is 0 Å². The highest BCUT2D eigenvalue weighted by Crippen LogP contribution is 2.30. The van der Waals surface area contributed by atoms with E-state index in [4.69, 9.17) is 23.2 Å². The smallest absolute Gasteiger partial charge is 0.289 e. The summed E-state index contributed by atoms with van der Waals surface area (Å²) in [7, 11) is 0. The first kappa shape index (κ1) is 17.6. The molecular formula is C16H16Cl2N2O3S. The van der Waals surface area contributed by atoms with Crippen LogP contribution in [0.1, 0.15) is 36.0 Å². The molecule has 2 unspecified atom stereocenters. The van der Waals surface area contributed by atoms with Crippen LogP contribution in [-0.2, 0) is 4.79 Å². The summed E-state index contributed by atoms with van der Waals surface area (Å²) in [5, 5.41) is 3.45. The zero-order valence-corrected chi connectivity index (χ0v) is 15.1. The van der Waals surface area contributed by atoms with Gasteiger partial charge in [-0.25, -0.2) is 0 Å². The molecule has 0 bridgehead atoms. The summed E-state index contributed by atoms with van der Waals surface area (Å²) < 4.78 is 0. The van der Waals surface area contributed by atoms with Gasteiger partial charge in [-0.3, -0.25) is 19.3 Å². The largest absolute Gasteiger partial charge is 0.347 e. The van der Waals surface area contributed by atoms with Crippen LogP contribution in [0.25, 0.3) is 0 Å². The number of carbonyl (C=O) groups excluding carboxylic acids is 3. The molecule has 1 heterocycles. The lowest BCUT2D eigenvalue weighted by Crippen LogP contribution is -2.54. The number of benzene rings is 1. The van der Waals surface area contributed by atoms with Gasteiger partial charge >= 0.3 is 0 Å². The van der Waals surface area contributed by atoms with Crippen molar-refractivity contribution < 1.29 is 14.4 Å². The highest BCUT2D eigenvalue weighted by atomic mass is 35.5. The minimum absolute atomic E-state index is 0.180. The molecule has 2 aliphatic rings. The van der Waals surface area contributed by atoms with Crippen molar-refractivity contribution >= 4 is 52.0 Å². The molecule has 0 spiro atoms. The topological polar surface area (TPSA) is 66.5 Å². The maximum atomic E-state index is 12.5. The van der Waals surface area contributed by atoms with Crippen molar-refractivity contribution in [3.63, 3.8) is 0 Å². The Kier molecular flexibility index (Phi) is 5.37. The lowest BCUT2D eigenvalue weighted by molar-refractivity contribution is -0.127. The number of nitrogens with one attached hydrogen (secondary N) is 1. The fourth-order valence-corrected chi connectivity index (χ4v) is 4.45. The van der Waals surface area contributed by atoms with Crippen LogP contribution in [0.5, 0.6) is 0 Å². The Balaban J connectivity index is 1.77. The van der Waals surface area contributed by atoms with E-state index in [1.165, 1.54) is 11.0 Å². The zero-order valence-electron chi connectivity index (χ0n) is 12.8. The third-order valence-electron chi connectivity index (χ3n) is 4.34. The molecule has 1 saturated carbocycles. The van der Waals surface area contributed by atoms with Gasteiger partial charge in [-0.05, 0) is 31.0 Å². The summed E-state index contributed by atoms with van der Waals surface area (Å²) in [5.74, 6) is -0.320. The van der Waals surface area contributed by atoms with Gasteiger partial charge in [-0.2, -0.15) is 0 Å². The molecule has 0 radical (unpaired) electrons. The molecule has 1 aliphatic carbocycles. The van der Waals surface area contributed by atoms with Crippen LogP contribution < -0.4 is 5.32 Å². The summed E-state index contributed by atoms with van der Waals surface area (Å²) in [6.07, 6.45) is 3.31. The van der Waals surface area contributed by atoms with E-state index in [9.17, 15) is 14.4 Å². The Bertz CT molecular complexity index is 682. The molecule has 8 heteroatoms. The third-order valence-corrected chi connectivity index (χ3v) is 5.72. The average Bonchev–Trinajstić information content (AvgIpc) is 2.87. The Morgan fingerprint density at radius 2 is 1.96 bits per heavy atom. The van der Waals surface area contributed by atoms with Crippen LogP contribution in [0.15, 0.2) is 18.2 Å². The normalized spacial score (nSPS) is 24.3. The van der Waals surface area contributed by atoms with Crippen LogP contribution in [0.3, 0.4) is 0 Å². The molecular weight excluding hydrogens is 371 g/mol. The molecule has 2 atom stereocenters. The van der Waals surface area contributed by atoms with Crippen molar-refractivity contribution in [3.05, 3.63) is 33.8 Å². The van der Waals surface area contributed by atoms with Gasteiger partial charge in [0.1, 0.15) is 0 Å². The Hall–Kier alpha value is -1.24. The molecule has 1 aromatic carbocycles. The molecule has 1 saturated heterocycles. The molecule has 2 fully saturated rings. The summed E-state index contributed by atoms with van der Waals surface area (Å²) in [6, 6.07) is 4.14. The van der Waals surface area contributed by atoms with Gasteiger partial charge < -0.3 is 5.32 Å². The summed E-state index contributed by atoms with van der Waals surface area (Å²) in [5.41, 5.74) is 0.332. The highest BCUT2D eigenvalue weighted by molar-refractivity contribution is 8.14. The zero-order chi connectivity index (χ0) is 17.3. The Labute approximate surface area is 154 Å². The molecule has 24 heavy (non-hydrogen) atoms. The SMILES string of the molecule is O=C(NC1CCCCC1N1C(=O)CSC1=O)c1ccc(Cl)cc1Cl. The number of imide groups is 1. The van der Waals surface area contributed by atoms with E-state index >= 15 is 0 Å². The Morgan fingerprint density at radius 3 is 2.62 bits per heavy atom. The van der Waals surface area contributed by atoms with Crippen LogP contribution in [0.2, 0.25) is 10.0 Å². The number of halogens is 2. The first-order valence-electron chi connectivity index (χ1n) is 7.72. The van der Waals surface area contributed by atoms with Gasteiger partial charge in [0.25, 0.3) is 11.1 Å². The van der Waals surface area contributed by atoms with Crippen LogP contribution in [-0.4, -0.2) is 39.8 Å². The number of carbonyl (C=O) groups is 3. The quantitative estimate of drug-likeness (QED) is 0.858. The minimum atomic E-state index is -0.319. The predicted molar refractivity (Wildman–Crippen MR) is 94.7 cm³/mol. The molecule has 0 aromatic heterocycles. The van der Waals surface area contributed by atoms with E-state index in [1.807, 2.05) is 0 Å². The molecule has 1 aliphatic heterocycles. The highest BCUT2D eigenvalue weighted by Gasteiger charge is 2.41. The van der Waals surface area contributed by atoms with Gasteiger partial charge in [-0.1, -0.05) is 47.8 Å². The number of amides is 3. The second-order valence-electron chi connectivity index (χ2n) is 5.87. The van der Waals surface area contributed by atoms with Crippen molar-refractivity contribution in [2.75, 3.05) is 5.75 Å². The summed E-state index contributed by atoms with van der Waals surface area (Å²) in [4.78, 5) is 37.9. The van der Waals surface area contributed by atoms with Gasteiger partial charge in [-0.15, -0.1) is 0 Å². The maximum absolute atomic E-state index is 12.5. The number of hydrogen-bond donors (Lipinski definition) is 1. The lowest BCUT2D eigenvalue weighted by atomic mass is 9.89. The Morgan fingerprint density at radius 1 is 1.21 bits per heavy atom. The predicted octanol–water partition coefficient (Wildman–Crippen LogP) is 3.73. The van der Waals surface area contributed by atoms with E-state index in [0.717, 1.165) is 31.0 Å². The van der Waals surface area contributed by atoms with Crippen molar-refractivity contribution in [1.82, 2.24) is 10.2 Å². The monoisotopic (exact) mass is 386 g/mol. The second-order valence-corrected chi connectivity index (χ2v) is 7.64. The van der Waals surface area contributed by atoms with E-state index in [1.54, 1.807) is 12.1 Å². The molecule has 1 N–H and O–H groups in total. The molecule has 5 nitrogen and oxygen atoms in total. The van der Waals surface area contributed by atoms with Gasteiger partial charge in [0.15, 0.2) is 0 Å². The van der Waals surface area contributed by atoms with E-state index in [2.05, 4.69) is 5.32 Å². The number of thioether (sulfide) groups is 1. The summed E-state index contributed by atoms with van der Waals surface area (Å²) >= 11 is 13.0. The van der Waals surface area contributed by atoms with Crippen LogP contribution in [0, 0.1) is 0 Å².